The number of nitrogens with one attached hydrogen (secondary N) is 1. The van der Waals surface area contributed by atoms with E-state index in [1.807, 2.05) is 12.3 Å². The molecule has 1 aromatic carbocycles. The molecule has 21 heavy (non-hydrogen) atoms. The van der Waals surface area contributed by atoms with Crippen LogP contribution in [0.4, 0.5) is 5.69 Å². The highest BCUT2D eigenvalue weighted by molar-refractivity contribution is 7.89. The van der Waals surface area contributed by atoms with Gasteiger partial charge in [0.2, 0.25) is 10.0 Å². The highest BCUT2D eigenvalue weighted by atomic mass is 32.2. The minimum atomic E-state index is -3.70. The first-order chi connectivity index (χ1) is 9.93. The quantitative estimate of drug-likeness (QED) is 0.852. The number of hydrogen-bond acceptors (Lipinski definition) is 4. The normalized spacial score (nSPS) is 11.6. The lowest BCUT2D eigenvalue weighted by Gasteiger charge is -2.13. The van der Waals surface area contributed by atoms with E-state index in [1.165, 1.54) is 6.07 Å². The summed E-state index contributed by atoms with van der Waals surface area (Å²) in [4.78, 5) is 4.29. The summed E-state index contributed by atoms with van der Waals surface area (Å²) in [5, 5.41) is 8.46. The molecule has 7 heteroatoms. The number of primary sulfonamides is 1. The predicted octanol–water partition coefficient (Wildman–Crippen LogP) is 1.86. The summed E-state index contributed by atoms with van der Waals surface area (Å²) >= 11 is 0. The Balaban J connectivity index is 2.19. The Morgan fingerprint density at radius 3 is 2.81 bits per heavy atom. The standard InChI is InChI=1S/C14H20N4O2S/c1-3-7-18-10-16-8-12(18)9-17-13-5-4-6-14(11(13)2)21(15,19)20/h4-6,8,10,17H,3,7,9H2,1-2H3,(H2,15,19,20). The van der Waals surface area contributed by atoms with Crippen LogP contribution in [0.2, 0.25) is 0 Å². The molecular weight excluding hydrogens is 288 g/mol. The number of aromatic nitrogens is 2. The third-order valence-corrected chi connectivity index (χ3v) is 4.37. The number of anilines is 1. The van der Waals surface area contributed by atoms with Gasteiger partial charge < -0.3 is 9.88 Å². The number of aryl methyl sites for hydroxylation is 1. The average Bonchev–Trinajstić information content (AvgIpc) is 2.84. The van der Waals surface area contributed by atoms with Gasteiger partial charge in [0.1, 0.15) is 0 Å². The van der Waals surface area contributed by atoms with Crippen molar-refractivity contribution in [3.8, 4) is 0 Å². The van der Waals surface area contributed by atoms with E-state index >= 15 is 0 Å². The van der Waals surface area contributed by atoms with Crippen molar-refractivity contribution in [2.45, 2.75) is 38.3 Å². The molecule has 0 saturated heterocycles. The molecule has 6 nitrogen and oxygen atoms in total. The smallest absolute Gasteiger partial charge is 0.238 e. The zero-order chi connectivity index (χ0) is 15.5. The fourth-order valence-corrected chi connectivity index (χ4v) is 3.04. The Hall–Kier alpha value is -1.86. The van der Waals surface area contributed by atoms with Crippen LogP contribution in [0.25, 0.3) is 0 Å². The van der Waals surface area contributed by atoms with Gasteiger partial charge in [-0.25, -0.2) is 18.5 Å². The molecule has 0 bridgehead atoms. The third-order valence-electron chi connectivity index (χ3n) is 3.31. The Labute approximate surface area is 125 Å². The lowest BCUT2D eigenvalue weighted by molar-refractivity contribution is 0.597. The first kappa shape index (κ1) is 15.5. The lowest BCUT2D eigenvalue weighted by Crippen LogP contribution is -2.15. The van der Waals surface area contributed by atoms with Gasteiger partial charge in [-0.05, 0) is 31.0 Å². The van der Waals surface area contributed by atoms with Crippen molar-refractivity contribution in [1.82, 2.24) is 9.55 Å². The molecule has 0 aliphatic heterocycles. The predicted molar refractivity (Wildman–Crippen MR) is 82.4 cm³/mol. The van der Waals surface area contributed by atoms with Gasteiger partial charge in [-0.3, -0.25) is 0 Å². The third kappa shape index (κ3) is 3.62. The average molecular weight is 308 g/mol. The van der Waals surface area contributed by atoms with E-state index in [0.29, 0.717) is 12.1 Å². The van der Waals surface area contributed by atoms with Crippen molar-refractivity contribution in [3.05, 3.63) is 42.0 Å². The van der Waals surface area contributed by atoms with E-state index in [9.17, 15) is 8.42 Å². The molecule has 3 N–H and O–H groups in total. The molecule has 2 rings (SSSR count). The summed E-state index contributed by atoms with van der Waals surface area (Å²) in [6.45, 7) is 5.34. The van der Waals surface area contributed by atoms with Crippen molar-refractivity contribution in [1.29, 1.82) is 0 Å². The Morgan fingerprint density at radius 2 is 2.14 bits per heavy atom. The van der Waals surface area contributed by atoms with Gasteiger partial charge in [0.25, 0.3) is 0 Å². The second-order valence-electron chi connectivity index (χ2n) is 4.91. The molecular formula is C14H20N4O2S. The van der Waals surface area contributed by atoms with Gasteiger partial charge in [-0.1, -0.05) is 13.0 Å². The van der Waals surface area contributed by atoms with Crippen molar-refractivity contribution in [2.24, 2.45) is 5.14 Å². The van der Waals surface area contributed by atoms with Gasteiger partial charge in [-0.15, -0.1) is 0 Å². The van der Waals surface area contributed by atoms with Crippen LogP contribution in [0.15, 0.2) is 35.6 Å². The summed E-state index contributed by atoms with van der Waals surface area (Å²) in [6.07, 6.45) is 4.64. The minimum Gasteiger partial charge on any atom is -0.379 e. The molecule has 0 aliphatic carbocycles. The van der Waals surface area contributed by atoms with Crippen molar-refractivity contribution >= 4 is 15.7 Å². The van der Waals surface area contributed by atoms with Crippen molar-refractivity contribution in [3.63, 3.8) is 0 Å². The van der Waals surface area contributed by atoms with Gasteiger partial charge in [-0.2, -0.15) is 0 Å². The van der Waals surface area contributed by atoms with Crippen LogP contribution >= 0.6 is 0 Å². The first-order valence-electron chi connectivity index (χ1n) is 6.78. The van der Waals surface area contributed by atoms with E-state index in [2.05, 4.69) is 21.8 Å². The first-order valence-corrected chi connectivity index (χ1v) is 8.33. The van der Waals surface area contributed by atoms with Crippen molar-refractivity contribution < 1.29 is 8.42 Å². The molecule has 0 saturated carbocycles. The summed E-state index contributed by atoms with van der Waals surface area (Å²) < 4.78 is 25.1. The Bertz CT molecular complexity index is 722. The van der Waals surface area contributed by atoms with Gasteiger partial charge >= 0.3 is 0 Å². The van der Waals surface area contributed by atoms with Crippen LogP contribution in [-0.4, -0.2) is 18.0 Å². The highest BCUT2D eigenvalue weighted by Gasteiger charge is 2.13. The number of hydrogen-bond donors (Lipinski definition) is 2. The number of imidazole rings is 1. The van der Waals surface area contributed by atoms with E-state index < -0.39 is 10.0 Å². The van der Waals surface area contributed by atoms with Gasteiger partial charge in [0, 0.05) is 18.4 Å². The fourth-order valence-electron chi connectivity index (χ4n) is 2.24. The maximum absolute atomic E-state index is 11.5. The van der Waals surface area contributed by atoms with E-state index in [4.69, 9.17) is 5.14 Å². The Morgan fingerprint density at radius 1 is 1.38 bits per heavy atom. The largest absolute Gasteiger partial charge is 0.379 e. The zero-order valence-electron chi connectivity index (χ0n) is 12.2. The number of rotatable bonds is 6. The van der Waals surface area contributed by atoms with Gasteiger partial charge in [0.05, 0.1) is 23.5 Å². The fraction of sp³-hybridized carbons (Fsp3) is 0.357. The van der Waals surface area contributed by atoms with Crippen LogP contribution in [0.3, 0.4) is 0 Å². The number of nitrogens with two attached hydrogens (primary N) is 1. The monoisotopic (exact) mass is 308 g/mol. The summed E-state index contributed by atoms with van der Waals surface area (Å²) in [7, 11) is -3.70. The number of sulfonamides is 1. The minimum absolute atomic E-state index is 0.148. The van der Waals surface area contributed by atoms with E-state index in [1.54, 1.807) is 19.3 Å². The second-order valence-corrected chi connectivity index (χ2v) is 6.44. The molecule has 0 spiro atoms. The summed E-state index contributed by atoms with van der Waals surface area (Å²) in [5.74, 6) is 0. The van der Waals surface area contributed by atoms with Crippen molar-refractivity contribution in [2.75, 3.05) is 5.32 Å². The molecule has 0 amide bonds. The summed E-state index contributed by atoms with van der Waals surface area (Å²) in [6, 6.07) is 5.03. The molecule has 0 radical (unpaired) electrons. The highest BCUT2D eigenvalue weighted by Crippen LogP contribution is 2.22. The molecule has 114 valence electrons. The van der Waals surface area contributed by atoms with Crippen LogP contribution in [0, 0.1) is 6.92 Å². The van der Waals surface area contributed by atoms with Crippen LogP contribution in [0.1, 0.15) is 24.6 Å². The zero-order valence-corrected chi connectivity index (χ0v) is 13.0. The molecule has 0 fully saturated rings. The molecule has 0 unspecified atom stereocenters. The van der Waals surface area contributed by atoms with E-state index in [-0.39, 0.29) is 4.90 Å². The van der Waals surface area contributed by atoms with Crippen LogP contribution in [0.5, 0.6) is 0 Å². The Kier molecular flexibility index (Phi) is 4.64. The maximum atomic E-state index is 11.5. The maximum Gasteiger partial charge on any atom is 0.238 e. The number of benzene rings is 1. The van der Waals surface area contributed by atoms with Gasteiger partial charge in [0.15, 0.2) is 0 Å². The molecule has 1 aromatic heterocycles. The lowest BCUT2D eigenvalue weighted by atomic mass is 10.2. The molecule has 0 aliphatic rings. The topological polar surface area (TPSA) is 90.0 Å². The van der Waals surface area contributed by atoms with Crippen LogP contribution < -0.4 is 10.5 Å². The second kappa shape index (κ2) is 6.28. The summed E-state index contributed by atoms with van der Waals surface area (Å²) in [5.41, 5.74) is 2.43. The van der Waals surface area contributed by atoms with E-state index in [0.717, 1.165) is 24.3 Å². The molecule has 2 aromatic rings. The molecule has 1 heterocycles. The SMILES string of the molecule is CCCn1cncc1CNc1cccc(S(N)(=O)=O)c1C. The van der Waals surface area contributed by atoms with Crippen LogP contribution in [-0.2, 0) is 23.1 Å². The molecule has 0 atom stereocenters. The number of nitrogens with zero attached hydrogens (tertiary/aromatic N) is 2.